The molecular weight excluding hydrogens is 180 g/mol. The highest BCUT2D eigenvalue weighted by molar-refractivity contribution is 5.75. The number of amides is 2. The third-order valence-electron chi connectivity index (χ3n) is 3.17. The highest BCUT2D eigenvalue weighted by Gasteiger charge is 2.44. The van der Waals surface area contributed by atoms with Gasteiger partial charge in [0.1, 0.15) is 0 Å². The van der Waals surface area contributed by atoms with Gasteiger partial charge in [0.2, 0.25) is 0 Å². The van der Waals surface area contributed by atoms with Crippen molar-refractivity contribution in [1.82, 2.24) is 10.2 Å². The molecule has 80 valence electrons. The molecule has 0 aromatic rings. The van der Waals surface area contributed by atoms with Crippen LogP contribution < -0.4 is 5.32 Å². The summed E-state index contributed by atoms with van der Waals surface area (Å²) in [6.07, 6.45) is 5.29. The van der Waals surface area contributed by atoms with E-state index in [2.05, 4.69) is 5.32 Å². The van der Waals surface area contributed by atoms with E-state index in [1.165, 1.54) is 6.42 Å². The summed E-state index contributed by atoms with van der Waals surface area (Å²) in [7, 11) is 0. The van der Waals surface area contributed by atoms with Crippen LogP contribution >= 0.6 is 0 Å². The molecule has 2 rings (SSSR count). The van der Waals surface area contributed by atoms with Gasteiger partial charge in [0.05, 0.1) is 12.1 Å². The molecule has 2 aliphatic rings. The number of carbonyl (C=O) groups excluding carboxylic acids is 1. The maximum Gasteiger partial charge on any atom is 0.317 e. The van der Waals surface area contributed by atoms with Crippen LogP contribution in [0.2, 0.25) is 0 Å². The largest absolute Gasteiger partial charge is 0.394 e. The fourth-order valence-corrected chi connectivity index (χ4v) is 1.88. The van der Waals surface area contributed by atoms with E-state index >= 15 is 0 Å². The first-order valence-electron chi connectivity index (χ1n) is 5.44. The van der Waals surface area contributed by atoms with Crippen molar-refractivity contribution in [2.75, 3.05) is 19.7 Å². The first-order valence-corrected chi connectivity index (χ1v) is 5.44. The zero-order valence-corrected chi connectivity index (χ0v) is 8.46. The SMILES string of the molecule is O=C(NC1(CO)CC1)N1CCCCC1. The predicted octanol–water partition coefficient (Wildman–Crippen LogP) is 0.707. The average Bonchev–Trinajstić information content (AvgIpc) is 3.00. The van der Waals surface area contributed by atoms with E-state index in [1.807, 2.05) is 4.90 Å². The molecular formula is C10H18N2O2. The van der Waals surface area contributed by atoms with Gasteiger partial charge in [-0.15, -0.1) is 0 Å². The molecule has 1 aliphatic heterocycles. The van der Waals surface area contributed by atoms with E-state index in [0.29, 0.717) is 0 Å². The second-order valence-electron chi connectivity index (χ2n) is 4.42. The summed E-state index contributed by atoms with van der Waals surface area (Å²) in [5.74, 6) is 0. The van der Waals surface area contributed by atoms with Crippen LogP contribution in [0.15, 0.2) is 0 Å². The normalized spacial score (nSPS) is 24.5. The van der Waals surface area contributed by atoms with Gasteiger partial charge in [-0.1, -0.05) is 0 Å². The minimum absolute atomic E-state index is 0.0104. The van der Waals surface area contributed by atoms with Crippen molar-refractivity contribution in [3.8, 4) is 0 Å². The monoisotopic (exact) mass is 198 g/mol. The number of hydrogen-bond donors (Lipinski definition) is 2. The summed E-state index contributed by atoms with van der Waals surface area (Å²) in [4.78, 5) is 13.6. The molecule has 0 bridgehead atoms. The summed E-state index contributed by atoms with van der Waals surface area (Å²) in [6.45, 7) is 1.81. The van der Waals surface area contributed by atoms with E-state index in [1.54, 1.807) is 0 Å². The van der Waals surface area contributed by atoms with Crippen molar-refractivity contribution < 1.29 is 9.90 Å². The van der Waals surface area contributed by atoms with E-state index in [9.17, 15) is 4.79 Å². The molecule has 1 aliphatic carbocycles. The summed E-state index contributed by atoms with van der Waals surface area (Å²) < 4.78 is 0. The number of nitrogens with one attached hydrogen (secondary N) is 1. The second kappa shape index (κ2) is 3.77. The number of nitrogens with zero attached hydrogens (tertiary/aromatic N) is 1. The fraction of sp³-hybridized carbons (Fsp3) is 0.900. The summed E-state index contributed by atoms with van der Waals surface area (Å²) >= 11 is 0. The van der Waals surface area contributed by atoms with Gasteiger partial charge in [-0.3, -0.25) is 0 Å². The van der Waals surface area contributed by atoms with E-state index in [4.69, 9.17) is 5.11 Å². The minimum Gasteiger partial charge on any atom is -0.394 e. The summed E-state index contributed by atoms with van der Waals surface area (Å²) in [5, 5.41) is 12.0. The number of urea groups is 1. The number of piperidine rings is 1. The zero-order chi connectivity index (χ0) is 10.0. The van der Waals surface area contributed by atoms with Crippen LogP contribution in [-0.2, 0) is 0 Å². The number of rotatable bonds is 2. The fourth-order valence-electron chi connectivity index (χ4n) is 1.88. The van der Waals surface area contributed by atoms with Gasteiger partial charge < -0.3 is 15.3 Å². The quantitative estimate of drug-likeness (QED) is 0.686. The van der Waals surface area contributed by atoms with Crippen molar-refractivity contribution in [2.45, 2.75) is 37.6 Å². The molecule has 0 atom stereocenters. The molecule has 0 aromatic carbocycles. The molecule has 14 heavy (non-hydrogen) atoms. The van der Waals surface area contributed by atoms with Crippen LogP contribution in [0.5, 0.6) is 0 Å². The van der Waals surface area contributed by atoms with Gasteiger partial charge in [0, 0.05) is 13.1 Å². The number of hydrogen-bond acceptors (Lipinski definition) is 2. The highest BCUT2D eigenvalue weighted by Crippen LogP contribution is 2.34. The van der Waals surface area contributed by atoms with Gasteiger partial charge in [-0.25, -0.2) is 4.79 Å². The van der Waals surface area contributed by atoms with Crippen LogP contribution in [0.25, 0.3) is 0 Å². The van der Waals surface area contributed by atoms with Crippen LogP contribution in [0, 0.1) is 0 Å². The lowest BCUT2D eigenvalue weighted by Gasteiger charge is -2.28. The number of likely N-dealkylation sites (tertiary alicyclic amines) is 1. The Morgan fingerprint density at radius 2 is 1.93 bits per heavy atom. The Balaban J connectivity index is 1.82. The Labute approximate surface area is 84.3 Å². The number of aliphatic hydroxyl groups excluding tert-OH is 1. The molecule has 2 amide bonds. The lowest BCUT2D eigenvalue weighted by atomic mass is 10.1. The standard InChI is InChI=1S/C10H18N2O2/c13-8-10(4-5-10)11-9(14)12-6-2-1-3-7-12/h13H,1-8H2,(H,11,14). The Hall–Kier alpha value is -0.770. The lowest BCUT2D eigenvalue weighted by Crippen LogP contribution is -2.49. The van der Waals surface area contributed by atoms with E-state index < -0.39 is 0 Å². The highest BCUT2D eigenvalue weighted by atomic mass is 16.3. The van der Waals surface area contributed by atoms with Crippen molar-refractivity contribution in [2.24, 2.45) is 0 Å². The average molecular weight is 198 g/mol. The molecule has 1 heterocycles. The summed E-state index contributed by atoms with van der Waals surface area (Å²) in [6, 6.07) is 0.0104. The Kier molecular flexibility index (Phi) is 2.63. The molecule has 4 nitrogen and oxygen atoms in total. The van der Waals surface area contributed by atoms with Crippen molar-refractivity contribution >= 4 is 6.03 Å². The van der Waals surface area contributed by atoms with Gasteiger partial charge in [-0.2, -0.15) is 0 Å². The molecule has 0 spiro atoms. The van der Waals surface area contributed by atoms with Crippen molar-refractivity contribution in [3.63, 3.8) is 0 Å². The Morgan fingerprint density at radius 3 is 2.43 bits per heavy atom. The first-order chi connectivity index (χ1) is 6.76. The molecule has 0 aromatic heterocycles. The topological polar surface area (TPSA) is 52.6 Å². The summed E-state index contributed by atoms with van der Waals surface area (Å²) in [5.41, 5.74) is -0.269. The first kappa shape index (κ1) is 9.77. The maximum atomic E-state index is 11.7. The molecule has 1 saturated heterocycles. The predicted molar refractivity (Wildman–Crippen MR) is 53.0 cm³/mol. The van der Waals surface area contributed by atoms with Gasteiger partial charge >= 0.3 is 6.03 Å². The minimum atomic E-state index is -0.269. The molecule has 0 radical (unpaired) electrons. The molecule has 0 unspecified atom stereocenters. The van der Waals surface area contributed by atoms with Crippen LogP contribution in [0.1, 0.15) is 32.1 Å². The molecule has 2 N–H and O–H groups in total. The maximum absolute atomic E-state index is 11.7. The van der Waals surface area contributed by atoms with E-state index in [0.717, 1.165) is 38.8 Å². The molecule has 4 heteroatoms. The van der Waals surface area contributed by atoms with E-state index in [-0.39, 0.29) is 18.2 Å². The van der Waals surface area contributed by atoms with Gasteiger partial charge in [0.25, 0.3) is 0 Å². The van der Waals surface area contributed by atoms with Crippen molar-refractivity contribution in [1.29, 1.82) is 0 Å². The molecule has 1 saturated carbocycles. The zero-order valence-electron chi connectivity index (χ0n) is 8.46. The number of aliphatic hydroxyl groups is 1. The Morgan fingerprint density at radius 1 is 1.29 bits per heavy atom. The number of carbonyl (C=O) groups is 1. The van der Waals surface area contributed by atoms with Crippen molar-refractivity contribution in [3.05, 3.63) is 0 Å². The van der Waals surface area contributed by atoms with Crippen LogP contribution in [0.3, 0.4) is 0 Å². The Bertz CT molecular complexity index is 220. The lowest BCUT2D eigenvalue weighted by molar-refractivity contribution is 0.168. The van der Waals surface area contributed by atoms with Gasteiger partial charge in [0.15, 0.2) is 0 Å². The van der Waals surface area contributed by atoms with Crippen LogP contribution in [-0.4, -0.2) is 41.3 Å². The third-order valence-corrected chi connectivity index (χ3v) is 3.17. The van der Waals surface area contributed by atoms with Gasteiger partial charge in [-0.05, 0) is 32.1 Å². The van der Waals surface area contributed by atoms with Crippen LogP contribution in [0.4, 0.5) is 4.79 Å². The second-order valence-corrected chi connectivity index (χ2v) is 4.42. The third kappa shape index (κ3) is 2.00. The molecule has 2 fully saturated rings. The smallest absolute Gasteiger partial charge is 0.317 e.